The molecule has 0 unspecified atom stereocenters. The Morgan fingerprint density at radius 3 is 2.47 bits per heavy atom. The van der Waals surface area contributed by atoms with Crippen molar-refractivity contribution in [2.75, 3.05) is 19.0 Å². The molecule has 1 heterocycles. The molecule has 0 aliphatic rings. The Bertz CT molecular complexity index is 1010. The predicted molar refractivity (Wildman–Crippen MR) is 118 cm³/mol. The fourth-order valence-electron chi connectivity index (χ4n) is 2.95. The van der Waals surface area contributed by atoms with E-state index in [4.69, 9.17) is 9.47 Å². The molecule has 6 heteroatoms. The number of hydrogen-bond donors (Lipinski definition) is 1. The molecule has 0 atom stereocenters. The highest BCUT2D eigenvalue weighted by Gasteiger charge is 2.17. The molecule has 0 saturated carbocycles. The average Bonchev–Trinajstić information content (AvgIpc) is 2.77. The Balaban J connectivity index is 0.00000155. The monoisotopic (exact) mass is 410 g/mol. The normalized spacial score (nSPS) is 9.93. The maximum absolute atomic E-state index is 14.7. The fraction of sp³-hybridized carbons (Fsp3) is 0.250. The summed E-state index contributed by atoms with van der Waals surface area (Å²) in [4.78, 5) is 16.4. The number of ether oxygens (including phenoxy) is 2. The molecule has 1 N–H and O–H groups in total. The van der Waals surface area contributed by atoms with Crippen molar-refractivity contribution in [2.24, 2.45) is 0 Å². The van der Waals surface area contributed by atoms with Gasteiger partial charge >= 0.3 is 5.97 Å². The van der Waals surface area contributed by atoms with Gasteiger partial charge in [0.05, 0.1) is 13.7 Å². The zero-order chi connectivity index (χ0) is 22.1. The predicted octanol–water partition coefficient (Wildman–Crippen LogP) is 6.15. The zero-order valence-corrected chi connectivity index (χ0v) is 18.0. The lowest BCUT2D eigenvalue weighted by atomic mass is 9.98. The Kier molecular flexibility index (Phi) is 8.35. The van der Waals surface area contributed by atoms with E-state index in [1.807, 2.05) is 39.0 Å². The third-order valence-corrected chi connectivity index (χ3v) is 4.36. The highest BCUT2D eigenvalue weighted by molar-refractivity contribution is 5.95. The number of anilines is 2. The van der Waals surface area contributed by atoms with Crippen molar-refractivity contribution in [2.45, 2.75) is 27.7 Å². The Morgan fingerprint density at radius 1 is 1.07 bits per heavy atom. The second kappa shape index (κ2) is 11.0. The minimum Gasteiger partial charge on any atom is -0.494 e. The molecular weight excluding hydrogens is 383 g/mol. The van der Waals surface area contributed by atoms with E-state index < -0.39 is 11.8 Å². The van der Waals surface area contributed by atoms with E-state index in [1.165, 1.54) is 7.11 Å². The Labute approximate surface area is 176 Å². The van der Waals surface area contributed by atoms with Crippen LogP contribution < -0.4 is 10.1 Å². The van der Waals surface area contributed by atoms with Crippen LogP contribution in [0.4, 0.5) is 15.9 Å². The number of hydrogen-bond acceptors (Lipinski definition) is 5. The van der Waals surface area contributed by atoms with Gasteiger partial charge < -0.3 is 14.8 Å². The number of nitrogens with one attached hydrogen (secondary N) is 1. The maximum atomic E-state index is 14.7. The van der Waals surface area contributed by atoms with E-state index in [2.05, 4.69) is 10.3 Å². The summed E-state index contributed by atoms with van der Waals surface area (Å²) in [6, 6.07) is 13.8. The summed E-state index contributed by atoms with van der Waals surface area (Å²) >= 11 is 0. The maximum Gasteiger partial charge on any atom is 0.341 e. The molecule has 0 aliphatic heterocycles. The second-order valence-electron chi connectivity index (χ2n) is 6.04. The fourth-order valence-corrected chi connectivity index (χ4v) is 2.95. The van der Waals surface area contributed by atoms with Crippen LogP contribution in [0.3, 0.4) is 0 Å². The van der Waals surface area contributed by atoms with Gasteiger partial charge in [-0.15, -0.1) is 0 Å². The summed E-state index contributed by atoms with van der Waals surface area (Å²) in [5, 5.41) is 3.17. The van der Waals surface area contributed by atoms with Crippen LogP contribution >= 0.6 is 0 Å². The molecule has 0 bridgehead atoms. The molecule has 0 radical (unpaired) electrons. The molecule has 0 amide bonds. The summed E-state index contributed by atoms with van der Waals surface area (Å²) in [7, 11) is 1.44. The van der Waals surface area contributed by atoms with Gasteiger partial charge in [0.15, 0.2) is 11.6 Å². The number of carbonyl (C=O) groups is 1. The highest BCUT2D eigenvalue weighted by atomic mass is 19.1. The molecule has 3 aromatic rings. The number of benzene rings is 2. The van der Waals surface area contributed by atoms with E-state index in [-0.39, 0.29) is 12.4 Å². The van der Waals surface area contributed by atoms with Crippen molar-refractivity contribution in [3.8, 4) is 16.9 Å². The molecule has 0 aliphatic carbocycles. The lowest BCUT2D eigenvalue weighted by molar-refractivity contribution is 0.0527. The summed E-state index contributed by atoms with van der Waals surface area (Å²) in [5.74, 6) is -0.307. The van der Waals surface area contributed by atoms with E-state index in [1.54, 1.807) is 43.5 Å². The molecule has 3 rings (SSSR count). The van der Waals surface area contributed by atoms with Crippen molar-refractivity contribution in [3.63, 3.8) is 0 Å². The van der Waals surface area contributed by atoms with Crippen LogP contribution in [0.1, 0.15) is 36.7 Å². The first-order chi connectivity index (χ1) is 14.6. The number of halogens is 1. The number of methoxy groups -OCH3 is 1. The van der Waals surface area contributed by atoms with E-state index >= 15 is 0 Å². The molecule has 0 spiro atoms. The zero-order valence-electron chi connectivity index (χ0n) is 18.0. The summed E-state index contributed by atoms with van der Waals surface area (Å²) in [5.41, 5.74) is 3.02. The number of aromatic nitrogens is 1. The Morgan fingerprint density at radius 2 is 1.77 bits per heavy atom. The largest absolute Gasteiger partial charge is 0.494 e. The van der Waals surface area contributed by atoms with Gasteiger partial charge in [0.25, 0.3) is 0 Å². The van der Waals surface area contributed by atoms with Crippen LogP contribution in [0.25, 0.3) is 11.1 Å². The Hall–Kier alpha value is -3.41. The highest BCUT2D eigenvalue weighted by Crippen LogP contribution is 2.34. The first-order valence-corrected chi connectivity index (χ1v) is 9.88. The molecule has 1 aromatic heterocycles. The van der Waals surface area contributed by atoms with Crippen LogP contribution in [-0.4, -0.2) is 24.7 Å². The van der Waals surface area contributed by atoms with Crippen LogP contribution in [0.5, 0.6) is 5.75 Å². The van der Waals surface area contributed by atoms with E-state index in [0.717, 1.165) is 11.1 Å². The number of rotatable bonds is 6. The van der Waals surface area contributed by atoms with E-state index in [9.17, 15) is 9.18 Å². The van der Waals surface area contributed by atoms with Crippen molar-refractivity contribution < 1.29 is 18.7 Å². The van der Waals surface area contributed by atoms with Crippen molar-refractivity contribution in [3.05, 3.63) is 71.7 Å². The minimum atomic E-state index is -0.453. The topological polar surface area (TPSA) is 60.5 Å². The minimum absolute atomic E-state index is 0.185. The second-order valence-corrected chi connectivity index (χ2v) is 6.04. The molecule has 0 fully saturated rings. The van der Waals surface area contributed by atoms with Crippen molar-refractivity contribution >= 4 is 17.5 Å². The molecule has 30 heavy (non-hydrogen) atoms. The van der Waals surface area contributed by atoms with Crippen LogP contribution in [-0.2, 0) is 4.74 Å². The van der Waals surface area contributed by atoms with Crippen LogP contribution in [0.2, 0.25) is 0 Å². The van der Waals surface area contributed by atoms with Gasteiger partial charge in [0.2, 0.25) is 0 Å². The van der Waals surface area contributed by atoms with Gasteiger partial charge in [0.1, 0.15) is 11.4 Å². The lowest BCUT2D eigenvalue weighted by Gasteiger charge is -2.16. The van der Waals surface area contributed by atoms with Gasteiger partial charge in [-0.2, -0.15) is 0 Å². The van der Waals surface area contributed by atoms with Gasteiger partial charge in [-0.1, -0.05) is 38.1 Å². The van der Waals surface area contributed by atoms with Gasteiger partial charge in [-0.25, -0.2) is 14.2 Å². The first-order valence-electron chi connectivity index (χ1n) is 9.88. The van der Waals surface area contributed by atoms with Crippen molar-refractivity contribution in [1.82, 2.24) is 4.98 Å². The molecule has 158 valence electrons. The standard InChI is InChI=1S/C22H21FN2O3.C2H6/c1-4-28-22(26)17-10-7-13-24-21(17)25-18-11-5-8-15(14(18)2)16-9-6-12-19(27-3)20(16)23;1-2/h5-13H,4H2,1-3H3,(H,24,25);1-2H3. The average molecular weight is 410 g/mol. The van der Waals surface area contributed by atoms with Crippen molar-refractivity contribution in [1.29, 1.82) is 0 Å². The smallest absolute Gasteiger partial charge is 0.341 e. The first kappa shape index (κ1) is 22.9. The third kappa shape index (κ3) is 4.95. The summed E-state index contributed by atoms with van der Waals surface area (Å²) < 4.78 is 24.9. The third-order valence-electron chi connectivity index (χ3n) is 4.36. The van der Waals surface area contributed by atoms with E-state index in [0.29, 0.717) is 22.6 Å². The van der Waals surface area contributed by atoms with Crippen LogP contribution in [0, 0.1) is 12.7 Å². The molecule has 2 aromatic carbocycles. The lowest BCUT2D eigenvalue weighted by Crippen LogP contribution is -2.09. The molecular formula is C24H27FN2O3. The number of carbonyl (C=O) groups excluding carboxylic acids is 1. The van der Waals surface area contributed by atoms with Crippen LogP contribution in [0.15, 0.2) is 54.7 Å². The van der Waals surface area contributed by atoms with Gasteiger partial charge in [0, 0.05) is 17.4 Å². The molecule has 5 nitrogen and oxygen atoms in total. The quantitative estimate of drug-likeness (QED) is 0.494. The SMILES string of the molecule is CC.CCOC(=O)c1cccnc1Nc1cccc(-c2cccc(OC)c2F)c1C. The summed E-state index contributed by atoms with van der Waals surface area (Å²) in [6.07, 6.45) is 1.59. The number of esters is 1. The number of nitrogens with zero attached hydrogens (tertiary/aromatic N) is 1. The number of pyridine rings is 1. The molecule has 0 saturated heterocycles. The summed E-state index contributed by atoms with van der Waals surface area (Å²) in [6.45, 7) is 7.90. The van der Waals surface area contributed by atoms with Gasteiger partial charge in [-0.3, -0.25) is 0 Å². The van der Waals surface area contributed by atoms with Gasteiger partial charge in [-0.05, 0) is 49.2 Å².